The molecule has 0 saturated carbocycles. The SMILES string of the molecule is COc1cccc(C2=NN3[C@H](C2)c2cc(Br)ccc2O[C@@H]3c2cccc(OC)c2)c1. The highest BCUT2D eigenvalue weighted by molar-refractivity contribution is 9.10. The second kappa shape index (κ2) is 7.69. The van der Waals surface area contributed by atoms with Crippen molar-refractivity contribution in [2.45, 2.75) is 18.7 Å². The number of methoxy groups -OCH3 is 2. The number of ether oxygens (including phenoxy) is 3. The Morgan fingerprint density at radius 3 is 2.53 bits per heavy atom. The normalized spacial score (nSPS) is 19.4. The lowest BCUT2D eigenvalue weighted by Crippen LogP contribution is -2.33. The Bertz CT molecular complexity index is 1130. The van der Waals surface area contributed by atoms with Crippen LogP contribution in [0.3, 0.4) is 0 Å². The molecule has 0 N–H and O–H groups in total. The molecule has 3 aromatic carbocycles. The molecule has 0 radical (unpaired) electrons. The predicted octanol–water partition coefficient (Wildman–Crippen LogP) is 5.71. The van der Waals surface area contributed by atoms with E-state index in [2.05, 4.69) is 33.1 Å². The zero-order valence-corrected chi connectivity index (χ0v) is 18.3. The highest BCUT2D eigenvalue weighted by Crippen LogP contribution is 2.48. The van der Waals surface area contributed by atoms with Crippen LogP contribution in [0.1, 0.15) is 35.4 Å². The van der Waals surface area contributed by atoms with Crippen LogP contribution in [0.25, 0.3) is 0 Å². The molecule has 3 aromatic rings. The highest BCUT2D eigenvalue weighted by atomic mass is 79.9. The maximum absolute atomic E-state index is 6.43. The molecule has 0 amide bonds. The third-order valence-corrected chi connectivity index (χ3v) is 6.03. The van der Waals surface area contributed by atoms with Crippen molar-refractivity contribution in [1.82, 2.24) is 5.01 Å². The van der Waals surface area contributed by atoms with Crippen LogP contribution in [0.4, 0.5) is 0 Å². The van der Waals surface area contributed by atoms with Crippen molar-refractivity contribution >= 4 is 21.6 Å². The lowest BCUT2D eigenvalue weighted by molar-refractivity contribution is -0.0191. The molecule has 2 atom stereocenters. The van der Waals surface area contributed by atoms with E-state index >= 15 is 0 Å². The van der Waals surface area contributed by atoms with Gasteiger partial charge in [0.1, 0.15) is 17.2 Å². The minimum absolute atomic E-state index is 0.0867. The van der Waals surface area contributed by atoms with Gasteiger partial charge in [-0.3, -0.25) is 0 Å². The van der Waals surface area contributed by atoms with Crippen LogP contribution in [-0.4, -0.2) is 24.9 Å². The van der Waals surface area contributed by atoms with E-state index in [4.69, 9.17) is 19.3 Å². The third kappa shape index (κ3) is 3.31. The second-order valence-electron chi connectivity index (χ2n) is 7.31. The monoisotopic (exact) mass is 464 g/mol. The summed E-state index contributed by atoms with van der Waals surface area (Å²) in [6.07, 6.45) is 0.461. The fraction of sp³-hybridized carbons (Fsp3) is 0.208. The number of hydrazone groups is 1. The van der Waals surface area contributed by atoms with Gasteiger partial charge < -0.3 is 14.2 Å². The highest BCUT2D eigenvalue weighted by Gasteiger charge is 2.41. The molecule has 2 aliphatic rings. The van der Waals surface area contributed by atoms with E-state index in [-0.39, 0.29) is 12.3 Å². The van der Waals surface area contributed by atoms with Gasteiger partial charge in [-0.05, 0) is 42.5 Å². The van der Waals surface area contributed by atoms with Gasteiger partial charge in [0.05, 0.1) is 26.0 Å². The minimum atomic E-state index is -0.332. The minimum Gasteiger partial charge on any atom is -0.497 e. The van der Waals surface area contributed by atoms with Gasteiger partial charge in [0.2, 0.25) is 6.23 Å². The Hall–Kier alpha value is -2.99. The summed E-state index contributed by atoms with van der Waals surface area (Å²) in [5, 5.41) is 7.08. The van der Waals surface area contributed by atoms with Crippen molar-refractivity contribution < 1.29 is 14.2 Å². The molecule has 0 aromatic heterocycles. The van der Waals surface area contributed by atoms with Gasteiger partial charge in [-0.1, -0.05) is 40.2 Å². The molecule has 5 nitrogen and oxygen atoms in total. The van der Waals surface area contributed by atoms with Crippen molar-refractivity contribution in [3.8, 4) is 17.2 Å². The molecule has 0 bridgehead atoms. The number of hydrogen-bond acceptors (Lipinski definition) is 5. The molecule has 0 aliphatic carbocycles. The number of nitrogens with zero attached hydrogens (tertiary/aromatic N) is 2. The first-order valence-corrected chi connectivity index (χ1v) is 10.6. The molecule has 2 aliphatic heterocycles. The van der Waals surface area contributed by atoms with E-state index in [1.165, 1.54) is 0 Å². The van der Waals surface area contributed by atoms with Gasteiger partial charge in [-0.15, -0.1) is 0 Å². The van der Waals surface area contributed by atoms with E-state index < -0.39 is 0 Å². The predicted molar refractivity (Wildman–Crippen MR) is 119 cm³/mol. The van der Waals surface area contributed by atoms with Gasteiger partial charge >= 0.3 is 0 Å². The Kier molecular flexibility index (Phi) is 4.87. The molecule has 30 heavy (non-hydrogen) atoms. The Balaban J connectivity index is 1.60. The fourth-order valence-electron chi connectivity index (χ4n) is 4.05. The largest absolute Gasteiger partial charge is 0.497 e. The molecule has 0 unspecified atom stereocenters. The van der Waals surface area contributed by atoms with Gasteiger partial charge in [0.15, 0.2) is 0 Å². The fourth-order valence-corrected chi connectivity index (χ4v) is 4.43. The number of hydrogen-bond donors (Lipinski definition) is 0. The quantitative estimate of drug-likeness (QED) is 0.495. The lowest BCUT2D eigenvalue weighted by atomic mass is 9.96. The van der Waals surface area contributed by atoms with Gasteiger partial charge in [-0.2, -0.15) is 5.10 Å². The number of halogens is 1. The Morgan fingerprint density at radius 1 is 0.967 bits per heavy atom. The molecule has 0 spiro atoms. The number of fused-ring (bicyclic) bond motifs is 3. The number of rotatable bonds is 4. The first-order valence-electron chi connectivity index (χ1n) is 9.76. The molecular weight excluding hydrogens is 444 g/mol. The van der Waals surface area contributed by atoms with Crippen LogP contribution < -0.4 is 14.2 Å². The zero-order chi connectivity index (χ0) is 20.7. The standard InChI is InChI=1S/C24H21BrN2O3/c1-28-18-7-3-5-15(11-18)21-14-22-20-13-17(25)9-10-23(20)30-24(27(22)26-21)16-6-4-8-19(12-16)29-2/h3-13,22,24H,14H2,1-2H3/t22-,24-/m1/s1. The van der Waals surface area contributed by atoms with Crippen LogP contribution in [-0.2, 0) is 0 Å². The van der Waals surface area contributed by atoms with E-state index in [1.54, 1.807) is 14.2 Å². The van der Waals surface area contributed by atoms with E-state index in [0.29, 0.717) is 0 Å². The third-order valence-electron chi connectivity index (χ3n) is 5.53. The van der Waals surface area contributed by atoms with Crippen molar-refractivity contribution in [2.75, 3.05) is 14.2 Å². The molecule has 0 fully saturated rings. The first-order chi connectivity index (χ1) is 14.7. The summed E-state index contributed by atoms with van der Waals surface area (Å²) in [4.78, 5) is 0. The van der Waals surface area contributed by atoms with Crippen LogP contribution in [0, 0.1) is 0 Å². The topological polar surface area (TPSA) is 43.3 Å². The van der Waals surface area contributed by atoms with Crippen molar-refractivity contribution in [3.63, 3.8) is 0 Å². The Morgan fingerprint density at radius 2 is 1.73 bits per heavy atom. The summed E-state index contributed by atoms with van der Waals surface area (Å²) in [6, 6.07) is 22.2. The maximum atomic E-state index is 6.43. The molecule has 6 heteroatoms. The van der Waals surface area contributed by atoms with E-state index in [9.17, 15) is 0 Å². The van der Waals surface area contributed by atoms with Crippen LogP contribution in [0.2, 0.25) is 0 Å². The average Bonchev–Trinajstić information content (AvgIpc) is 3.24. The van der Waals surface area contributed by atoms with Gasteiger partial charge in [0, 0.05) is 27.6 Å². The molecular formula is C24H21BrN2O3. The van der Waals surface area contributed by atoms with Crippen molar-refractivity contribution in [2.24, 2.45) is 5.10 Å². The summed E-state index contributed by atoms with van der Waals surface area (Å²) >= 11 is 3.60. The van der Waals surface area contributed by atoms with Gasteiger partial charge in [-0.25, -0.2) is 5.01 Å². The van der Waals surface area contributed by atoms with E-state index in [1.807, 2.05) is 54.6 Å². The molecule has 152 valence electrons. The first kappa shape index (κ1) is 19.0. The Labute approximate surface area is 184 Å². The average molecular weight is 465 g/mol. The smallest absolute Gasteiger partial charge is 0.214 e. The summed E-state index contributed by atoms with van der Waals surface area (Å²) in [5.41, 5.74) is 4.21. The van der Waals surface area contributed by atoms with Crippen molar-refractivity contribution in [3.05, 3.63) is 87.9 Å². The summed E-state index contributed by atoms with van der Waals surface area (Å²) < 4.78 is 18.3. The second-order valence-corrected chi connectivity index (χ2v) is 8.22. The molecule has 0 saturated heterocycles. The van der Waals surface area contributed by atoms with Gasteiger partial charge in [0.25, 0.3) is 0 Å². The lowest BCUT2D eigenvalue weighted by Gasteiger charge is -2.38. The molecule has 2 heterocycles. The maximum Gasteiger partial charge on any atom is 0.214 e. The number of benzene rings is 3. The van der Waals surface area contributed by atoms with Crippen LogP contribution in [0.5, 0.6) is 17.2 Å². The van der Waals surface area contributed by atoms with Crippen LogP contribution >= 0.6 is 15.9 Å². The molecule has 5 rings (SSSR count). The summed E-state index contributed by atoms with van der Waals surface area (Å²) in [5.74, 6) is 2.50. The summed E-state index contributed by atoms with van der Waals surface area (Å²) in [6.45, 7) is 0. The summed E-state index contributed by atoms with van der Waals surface area (Å²) in [7, 11) is 3.35. The zero-order valence-electron chi connectivity index (χ0n) is 16.7. The van der Waals surface area contributed by atoms with Crippen molar-refractivity contribution in [1.29, 1.82) is 0 Å². The van der Waals surface area contributed by atoms with E-state index in [0.717, 1.165) is 50.5 Å². The van der Waals surface area contributed by atoms with Crippen LogP contribution in [0.15, 0.2) is 76.3 Å².